The average Bonchev–Trinajstić information content (AvgIpc) is 3.36. The molecule has 9 heteroatoms. The van der Waals surface area contributed by atoms with Gasteiger partial charge in [-0.05, 0) is 67.5 Å². The van der Waals surface area contributed by atoms with Crippen LogP contribution in [0.25, 0.3) is 0 Å². The Morgan fingerprint density at radius 2 is 1.82 bits per heavy atom. The summed E-state index contributed by atoms with van der Waals surface area (Å²) in [5.41, 5.74) is 1.70. The molecule has 1 fully saturated rings. The Labute approximate surface area is 235 Å². The minimum absolute atomic E-state index is 0.154. The lowest BCUT2D eigenvalue weighted by molar-refractivity contribution is -0.146. The lowest BCUT2D eigenvalue weighted by Crippen LogP contribution is -2.45. The van der Waals surface area contributed by atoms with E-state index in [4.69, 9.17) is 9.47 Å². The minimum atomic E-state index is -3.28. The van der Waals surface area contributed by atoms with Crippen molar-refractivity contribution in [2.24, 2.45) is 5.92 Å². The molecule has 7 nitrogen and oxygen atoms in total. The van der Waals surface area contributed by atoms with Gasteiger partial charge in [-0.1, -0.05) is 37.3 Å². The summed E-state index contributed by atoms with van der Waals surface area (Å²) in [5.74, 6) is -0.129. The van der Waals surface area contributed by atoms with Crippen LogP contribution in [0.3, 0.4) is 0 Å². The zero-order valence-electron chi connectivity index (χ0n) is 23.2. The van der Waals surface area contributed by atoms with Gasteiger partial charge in [0, 0.05) is 35.0 Å². The molecule has 2 amide bonds. The zero-order valence-corrected chi connectivity index (χ0v) is 24.2. The quantitative estimate of drug-likeness (QED) is 0.206. The Balaban J connectivity index is 1.56. The second kappa shape index (κ2) is 10.8. The summed E-state index contributed by atoms with van der Waals surface area (Å²) in [5, 5.41) is 9.76. The number of carbonyl (C=O) groups is 2. The van der Waals surface area contributed by atoms with Gasteiger partial charge in [-0.2, -0.15) is 0 Å². The number of ether oxygens (including phenoxy) is 2. The number of aliphatic hydroxyl groups excluding tert-OH is 1. The molecular formula is C31H35FN2O5Si. The summed E-state index contributed by atoms with van der Waals surface area (Å²) in [6.45, 7) is 5.25. The summed E-state index contributed by atoms with van der Waals surface area (Å²) in [7, 11) is -1.72. The van der Waals surface area contributed by atoms with E-state index in [0.717, 1.165) is 17.7 Å². The van der Waals surface area contributed by atoms with E-state index in [1.807, 2.05) is 73.7 Å². The van der Waals surface area contributed by atoms with Crippen molar-refractivity contribution in [1.82, 2.24) is 0 Å². The maximum atomic E-state index is 15.7. The van der Waals surface area contributed by atoms with Crippen LogP contribution in [-0.4, -0.2) is 45.7 Å². The first-order valence-corrected chi connectivity index (χ1v) is 16.5. The molecule has 0 aromatic heterocycles. The van der Waals surface area contributed by atoms with Crippen molar-refractivity contribution >= 4 is 37.8 Å². The summed E-state index contributed by atoms with van der Waals surface area (Å²) in [6.07, 6.45) is 0.446. The molecule has 1 saturated heterocycles. The van der Waals surface area contributed by atoms with Crippen LogP contribution in [0.5, 0.6) is 5.75 Å². The van der Waals surface area contributed by atoms with Gasteiger partial charge in [0.15, 0.2) is 5.60 Å². The van der Waals surface area contributed by atoms with Gasteiger partial charge in [0.05, 0.1) is 25.4 Å². The van der Waals surface area contributed by atoms with E-state index in [1.54, 1.807) is 36.1 Å². The second-order valence-electron chi connectivity index (χ2n) is 11.0. The first-order chi connectivity index (χ1) is 19.1. The molecule has 0 aliphatic carbocycles. The molecule has 2 aliphatic heterocycles. The number of methoxy groups -OCH3 is 1. The third-order valence-corrected chi connectivity index (χ3v) is 10.7. The fourth-order valence-corrected chi connectivity index (χ4v) is 9.10. The highest BCUT2D eigenvalue weighted by molar-refractivity contribution is 6.72. The van der Waals surface area contributed by atoms with Gasteiger partial charge in [-0.25, -0.2) is 0 Å². The predicted molar refractivity (Wildman–Crippen MR) is 155 cm³/mol. The van der Waals surface area contributed by atoms with Crippen molar-refractivity contribution in [3.05, 3.63) is 83.9 Å². The number of benzene rings is 3. The van der Waals surface area contributed by atoms with E-state index in [2.05, 4.69) is 0 Å². The van der Waals surface area contributed by atoms with Crippen LogP contribution >= 0.6 is 0 Å². The largest absolute Gasteiger partial charge is 0.497 e. The minimum Gasteiger partial charge on any atom is -0.497 e. The maximum absolute atomic E-state index is 15.7. The highest BCUT2D eigenvalue weighted by Gasteiger charge is 2.66. The molecule has 1 N–H and O–H groups in total. The zero-order chi connectivity index (χ0) is 28.7. The van der Waals surface area contributed by atoms with Crippen molar-refractivity contribution in [2.75, 3.05) is 23.5 Å². The van der Waals surface area contributed by atoms with Gasteiger partial charge in [0.25, 0.3) is 5.91 Å². The molecule has 5 rings (SSSR count). The van der Waals surface area contributed by atoms with Crippen molar-refractivity contribution < 1.29 is 28.3 Å². The molecule has 0 bridgehead atoms. The van der Waals surface area contributed by atoms with Crippen LogP contribution in [0.1, 0.15) is 24.5 Å². The third kappa shape index (κ3) is 4.61. The van der Waals surface area contributed by atoms with Gasteiger partial charge in [0.2, 0.25) is 14.8 Å². The number of fused-ring (bicyclic) bond motifs is 2. The highest BCUT2D eigenvalue weighted by Crippen LogP contribution is 2.60. The van der Waals surface area contributed by atoms with Crippen molar-refractivity contribution in [3.63, 3.8) is 0 Å². The number of rotatable bonds is 9. The van der Waals surface area contributed by atoms with Crippen LogP contribution in [0.4, 0.5) is 21.2 Å². The molecule has 2 aliphatic rings. The number of aliphatic hydroxyl groups is 1. The molecule has 210 valence electrons. The fraction of sp³-hybridized carbons (Fsp3) is 0.355. The number of hydrogen-bond donors (Lipinski definition) is 1. The number of nitrogens with zero attached hydrogens (tertiary/aromatic N) is 2. The Morgan fingerprint density at radius 1 is 1.10 bits per heavy atom. The molecule has 0 unspecified atom stereocenters. The van der Waals surface area contributed by atoms with Crippen LogP contribution in [0.15, 0.2) is 72.8 Å². The van der Waals surface area contributed by atoms with Crippen LogP contribution < -0.4 is 14.5 Å². The van der Waals surface area contributed by atoms with Crippen LogP contribution in [0.2, 0.25) is 18.6 Å². The van der Waals surface area contributed by atoms with E-state index in [1.165, 1.54) is 0 Å². The molecule has 3 aromatic carbocycles. The lowest BCUT2D eigenvalue weighted by atomic mass is 9.82. The normalized spacial score (nSPS) is 23.9. The number of anilines is 3. The molecule has 3 aromatic rings. The van der Waals surface area contributed by atoms with Crippen molar-refractivity contribution in [3.8, 4) is 5.75 Å². The Kier molecular flexibility index (Phi) is 7.56. The topological polar surface area (TPSA) is 79.3 Å². The van der Waals surface area contributed by atoms with E-state index >= 15 is 4.11 Å². The maximum Gasteiger partial charge on any atom is 0.264 e. The van der Waals surface area contributed by atoms with Gasteiger partial charge in [-0.15, -0.1) is 0 Å². The number of para-hydroxylation sites is 1. The van der Waals surface area contributed by atoms with Crippen molar-refractivity contribution in [1.29, 1.82) is 0 Å². The van der Waals surface area contributed by atoms with E-state index in [-0.39, 0.29) is 25.5 Å². The molecule has 2 heterocycles. The summed E-state index contributed by atoms with van der Waals surface area (Å²) in [4.78, 5) is 29.7. The van der Waals surface area contributed by atoms with E-state index < -0.39 is 31.6 Å². The Hall–Kier alpha value is -3.53. The lowest BCUT2D eigenvalue weighted by Gasteiger charge is -2.31. The number of hydrogen-bond acceptors (Lipinski definition) is 5. The highest BCUT2D eigenvalue weighted by atomic mass is 28.4. The number of amides is 2. The summed E-state index contributed by atoms with van der Waals surface area (Å²) >= 11 is 0. The number of carbonyl (C=O) groups excluding carboxylic acids is 2. The summed E-state index contributed by atoms with van der Waals surface area (Å²) in [6, 6.07) is 22.3. The van der Waals surface area contributed by atoms with Gasteiger partial charge >= 0.3 is 0 Å². The second-order valence-corrected chi connectivity index (χ2v) is 14.8. The standard InChI is InChI=1S/C31H35FN2O5Si/c1-21-29(40(3,4)32)28(15-16-35)39-31(21)26-18-25(38-2)13-14-27(26)33(30(31)37)19-22-9-8-12-24(17-22)34(20-36)23-10-6-5-7-11-23/h5-14,17-18,20-21,28-29,35H,15-16,19H2,1-4H3/t21-,28+,29-,31+/m1/s1. The molecule has 40 heavy (non-hydrogen) atoms. The van der Waals surface area contributed by atoms with Gasteiger partial charge in [0.1, 0.15) is 5.75 Å². The Morgan fingerprint density at radius 3 is 2.48 bits per heavy atom. The van der Waals surface area contributed by atoms with Crippen molar-refractivity contribution in [2.45, 2.75) is 50.2 Å². The average molecular weight is 563 g/mol. The third-order valence-electron chi connectivity index (χ3n) is 8.25. The smallest absolute Gasteiger partial charge is 0.264 e. The molecule has 0 saturated carbocycles. The SMILES string of the molecule is COc1ccc2c(c1)[C@]1(O[C@@H](CCO)[C@H]([Si](C)(C)F)[C@H]1C)C(=O)N2Cc1cccc(N(C=O)c2ccccc2)c1. The molecular weight excluding hydrogens is 527 g/mol. The predicted octanol–water partition coefficient (Wildman–Crippen LogP) is 5.69. The van der Waals surface area contributed by atoms with Gasteiger partial charge < -0.3 is 23.6 Å². The first-order valence-electron chi connectivity index (χ1n) is 13.5. The number of halogens is 1. The molecule has 0 radical (unpaired) electrons. The van der Waals surface area contributed by atoms with Crippen LogP contribution in [0, 0.1) is 5.92 Å². The molecule has 4 atom stereocenters. The van der Waals surface area contributed by atoms with Crippen LogP contribution in [-0.2, 0) is 26.5 Å². The van der Waals surface area contributed by atoms with E-state index in [0.29, 0.717) is 22.7 Å². The molecule has 1 spiro atoms. The Bertz CT molecular complexity index is 1400. The summed E-state index contributed by atoms with van der Waals surface area (Å²) < 4.78 is 27.8. The monoisotopic (exact) mass is 562 g/mol. The van der Waals surface area contributed by atoms with Gasteiger partial charge in [-0.3, -0.25) is 14.5 Å². The first kappa shape index (κ1) is 28.0. The van der Waals surface area contributed by atoms with E-state index in [9.17, 15) is 14.7 Å². The fourth-order valence-electron chi connectivity index (χ4n) is 6.55.